The average Bonchev–Trinajstić information content (AvgIpc) is 2.76. The van der Waals surface area contributed by atoms with Crippen molar-refractivity contribution in [2.75, 3.05) is 11.9 Å². The number of rotatable bonds is 5. The van der Waals surface area contributed by atoms with Crippen molar-refractivity contribution < 1.29 is 9.32 Å². The lowest BCUT2D eigenvalue weighted by Gasteiger charge is -2.04. The first kappa shape index (κ1) is 15.2. The summed E-state index contributed by atoms with van der Waals surface area (Å²) in [5.41, 5.74) is 1.14. The van der Waals surface area contributed by atoms with Crippen LogP contribution in [0.2, 0.25) is 0 Å². The van der Waals surface area contributed by atoms with Gasteiger partial charge in [0.2, 0.25) is 5.91 Å². The normalized spacial score (nSPS) is 9.74. The SMILES string of the molecule is Cc1cc(NC(=O)CNCc2ccccc2)no1.Cl. The highest BCUT2D eigenvalue weighted by molar-refractivity contribution is 5.91. The van der Waals surface area contributed by atoms with E-state index in [4.69, 9.17) is 4.52 Å². The second-order valence-electron chi connectivity index (χ2n) is 3.96. The van der Waals surface area contributed by atoms with E-state index in [0.29, 0.717) is 18.1 Å². The van der Waals surface area contributed by atoms with Crippen molar-refractivity contribution in [1.29, 1.82) is 0 Å². The lowest BCUT2D eigenvalue weighted by molar-refractivity contribution is -0.115. The van der Waals surface area contributed by atoms with E-state index in [9.17, 15) is 4.79 Å². The first-order valence-corrected chi connectivity index (χ1v) is 5.72. The molecular formula is C13H16ClN3O2. The van der Waals surface area contributed by atoms with E-state index < -0.39 is 0 Å². The highest BCUT2D eigenvalue weighted by Crippen LogP contribution is 2.06. The van der Waals surface area contributed by atoms with Crippen molar-refractivity contribution >= 4 is 24.1 Å². The highest BCUT2D eigenvalue weighted by atomic mass is 35.5. The first-order chi connectivity index (χ1) is 8.74. The molecule has 5 nitrogen and oxygen atoms in total. The predicted octanol–water partition coefficient (Wildman–Crippen LogP) is 2.13. The van der Waals surface area contributed by atoms with Crippen LogP contribution in [0.5, 0.6) is 0 Å². The van der Waals surface area contributed by atoms with Gasteiger partial charge in [-0.25, -0.2) is 0 Å². The van der Waals surface area contributed by atoms with Gasteiger partial charge in [0, 0.05) is 12.6 Å². The van der Waals surface area contributed by atoms with E-state index in [-0.39, 0.29) is 24.9 Å². The average molecular weight is 282 g/mol. The summed E-state index contributed by atoms with van der Waals surface area (Å²) >= 11 is 0. The fourth-order valence-electron chi connectivity index (χ4n) is 1.53. The van der Waals surface area contributed by atoms with Gasteiger partial charge in [-0.3, -0.25) is 4.79 Å². The molecule has 0 fully saturated rings. The van der Waals surface area contributed by atoms with E-state index >= 15 is 0 Å². The highest BCUT2D eigenvalue weighted by Gasteiger charge is 2.05. The minimum Gasteiger partial charge on any atom is -0.360 e. The molecule has 0 saturated heterocycles. The van der Waals surface area contributed by atoms with E-state index in [2.05, 4.69) is 15.8 Å². The monoisotopic (exact) mass is 281 g/mol. The molecule has 19 heavy (non-hydrogen) atoms. The molecule has 1 heterocycles. The number of hydrogen-bond donors (Lipinski definition) is 2. The van der Waals surface area contributed by atoms with Crippen molar-refractivity contribution in [3.8, 4) is 0 Å². The molecule has 102 valence electrons. The standard InChI is InChI=1S/C13H15N3O2.ClH/c1-10-7-12(16-18-10)15-13(17)9-14-8-11-5-3-2-4-6-11;/h2-7,14H,8-9H2,1H3,(H,15,16,17);1H. The van der Waals surface area contributed by atoms with Crippen molar-refractivity contribution in [2.24, 2.45) is 0 Å². The molecule has 0 spiro atoms. The Kier molecular flexibility index (Phi) is 6.05. The number of halogens is 1. The number of aryl methyl sites for hydroxylation is 1. The summed E-state index contributed by atoms with van der Waals surface area (Å²) in [4.78, 5) is 11.6. The van der Waals surface area contributed by atoms with Gasteiger partial charge < -0.3 is 15.2 Å². The summed E-state index contributed by atoms with van der Waals surface area (Å²) in [6, 6.07) is 11.6. The fourth-order valence-corrected chi connectivity index (χ4v) is 1.53. The number of carbonyl (C=O) groups excluding carboxylic acids is 1. The minimum absolute atomic E-state index is 0. The van der Waals surface area contributed by atoms with Crippen LogP contribution in [0.25, 0.3) is 0 Å². The zero-order chi connectivity index (χ0) is 12.8. The number of carbonyl (C=O) groups is 1. The van der Waals surface area contributed by atoms with Crippen molar-refractivity contribution in [3.63, 3.8) is 0 Å². The van der Waals surface area contributed by atoms with Crippen LogP contribution in [0, 0.1) is 6.92 Å². The number of anilines is 1. The molecule has 2 N–H and O–H groups in total. The molecule has 0 unspecified atom stereocenters. The number of amides is 1. The maximum absolute atomic E-state index is 11.6. The quantitative estimate of drug-likeness (QED) is 0.881. The molecule has 2 rings (SSSR count). The van der Waals surface area contributed by atoms with Crippen LogP contribution < -0.4 is 10.6 Å². The van der Waals surface area contributed by atoms with Gasteiger partial charge in [-0.1, -0.05) is 35.5 Å². The van der Waals surface area contributed by atoms with E-state index in [1.165, 1.54) is 0 Å². The van der Waals surface area contributed by atoms with Crippen LogP contribution in [-0.4, -0.2) is 17.6 Å². The second kappa shape index (κ2) is 7.56. The molecule has 0 aliphatic carbocycles. The Morgan fingerprint density at radius 2 is 2.05 bits per heavy atom. The van der Waals surface area contributed by atoms with Crippen LogP contribution in [0.4, 0.5) is 5.82 Å². The van der Waals surface area contributed by atoms with Gasteiger partial charge >= 0.3 is 0 Å². The van der Waals surface area contributed by atoms with Crippen molar-refractivity contribution in [2.45, 2.75) is 13.5 Å². The summed E-state index contributed by atoms with van der Waals surface area (Å²) in [5.74, 6) is 0.973. The van der Waals surface area contributed by atoms with Crippen molar-refractivity contribution in [1.82, 2.24) is 10.5 Å². The number of nitrogens with zero attached hydrogens (tertiary/aromatic N) is 1. The van der Waals surface area contributed by atoms with Crippen LogP contribution in [0.1, 0.15) is 11.3 Å². The summed E-state index contributed by atoms with van der Waals surface area (Å²) in [6.45, 7) is 2.67. The van der Waals surface area contributed by atoms with Gasteiger partial charge in [0.15, 0.2) is 5.82 Å². The molecule has 2 aromatic rings. The Morgan fingerprint density at radius 1 is 1.32 bits per heavy atom. The number of benzene rings is 1. The molecule has 6 heteroatoms. The smallest absolute Gasteiger partial charge is 0.239 e. The Morgan fingerprint density at radius 3 is 2.68 bits per heavy atom. The Hall–Kier alpha value is -1.85. The van der Waals surface area contributed by atoms with Gasteiger partial charge in [0.25, 0.3) is 0 Å². The summed E-state index contributed by atoms with van der Waals surface area (Å²) in [7, 11) is 0. The molecular weight excluding hydrogens is 266 g/mol. The van der Waals surface area contributed by atoms with Gasteiger partial charge in [0.05, 0.1) is 6.54 Å². The van der Waals surface area contributed by atoms with Gasteiger partial charge in [-0.15, -0.1) is 12.4 Å². The third-order valence-electron chi connectivity index (χ3n) is 2.35. The maximum Gasteiger partial charge on any atom is 0.239 e. The van der Waals surface area contributed by atoms with E-state index in [0.717, 1.165) is 5.56 Å². The molecule has 1 amide bonds. The maximum atomic E-state index is 11.6. The summed E-state index contributed by atoms with van der Waals surface area (Å²) in [6.07, 6.45) is 0. The largest absolute Gasteiger partial charge is 0.360 e. The zero-order valence-corrected chi connectivity index (χ0v) is 11.4. The van der Waals surface area contributed by atoms with E-state index in [1.54, 1.807) is 13.0 Å². The zero-order valence-electron chi connectivity index (χ0n) is 10.6. The fraction of sp³-hybridized carbons (Fsp3) is 0.231. The van der Waals surface area contributed by atoms with Crippen LogP contribution in [0.3, 0.4) is 0 Å². The molecule has 0 radical (unpaired) electrons. The number of aromatic nitrogens is 1. The Labute approximate surface area is 117 Å². The van der Waals surface area contributed by atoms with Gasteiger partial charge in [-0.2, -0.15) is 0 Å². The second-order valence-corrected chi connectivity index (χ2v) is 3.96. The lowest BCUT2D eigenvalue weighted by Crippen LogP contribution is -2.27. The molecule has 0 aliphatic heterocycles. The molecule has 1 aromatic carbocycles. The molecule has 1 aromatic heterocycles. The number of nitrogens with one attached hydrogen (secondary N) is 2. The molecule has 0 saturated carbocycles. The lowest BCUT2D eigenvalue weighted by atomic mass is 10.2. The third kappa shape index (κ3) is 5.11. The molecule has 0 atom stereocenters. The van der Waals surface area contributed by atoms with Gasteiger partial charge in [-0.05, 0) is 12.5 Å². The third-order valence-corrected chi connectivity index (χ3v) is 2.35. The van der Waals surface area contributed by atoms with Crippen molar-refractivity contribution in [3.05, 3.63) is 47.7 Å². The van der Waals surface area contributed by atoms with Crippen LogP contribution in [0.15, 0.2) is 40.9 Å². The Bertz CT molecular complexity index is 514. The summed E-state index contributed by atoms with van der Waals surface area (Å²) in [5, 5.41) is 9.39. The summed E-state index contributed by atoms with van der Waals surface area (Å²) < 4.78 is 4.85. The van der Waals surface area contributed by atoms with Crippen LogP contribution in [-0.2, 0) is 11.3 Å². The molecule has 0 aliphatic rings. The Balaban J connectivity index is 0.00000180. The van der Waals surface area contributed by atoms with Crippen LogP contribution >= 0.6 is 12.4 Å². The predicted molar refractivity (Wildman–Crippen MR) is 75.3 cm³/mol. The van der Waals surface area contributed by atoms with Gasteiger partial charge in [0.1, 0.15) is 5.76 Å². The minimum atomic E-state index is -0.140. The first-order valence-electron chi connectivity index (χ1n) is 5.72. The topological polar surface area (TPSA) is 67.2 Å². The molecule has 0 bridgehead atoms. The number of hydrogen-bond acceptors (Lipinski definition) is 4. The van der Waals surface area contributed by atoms with E-state index in [1.807, 2.05) is 30.3 Å².